The number of pyridine rings is 1. The molecule has 11 heteroatoms. The molecule has 0 radical (unpaired) electrons. The lowest BCUT2D eigenvalue weighted by molar-refractivity contribution is -0.0679. The molecule has 2 fully saturated rings. The van der Waals surface area contributed by atoms with Gasteiger partial charge in [0.2, 0.25) is 15.9 Å². The van der Waals surface area contributed by atoms with Gasteiger partial charge in [0.05, 0.1) is 29.7 Å². The molecule has 0 bridgehead atoms. The molecule has 0 spiro atoms. The first-order valence-electron chi connectivity index (χ1n) is 11.5. The molecule has 1 N–H and O–H groups in total. The van der Waals surface area contributed by atoms with Crippen LogP contribution >= 0.6 is 0 Å². The summed E-state index contributed by atoms with van der Waals surface area (Å²) in [6.45, 7) is 2.06. The summed E-state index contributed by atoms with van der Waals surface area (Å²) < 4.78 is 42.3. The summed E-state index contributed by atoms with van der Waals surface area (Å²) in [5.74, 6) is 0.304. The zero-order valence-electron chi connectivity index (χ0n) is 19.5. The third kappa shape index (κ3) is 5.29. The number of nitrogens with zero attached hydrogens (tertiary/aromatic N) is 4. The van der Waals surface area contributed by atoms with E-state index in [1.807, 2.05) is 30.3 Å². The van der Waals surface area contributed by atoms with Gasteiger partial charge in [-0.15, -0.1) is 0 Å². The molecule has 0 saturated carbocycles. The summed E-state index contributed by atoms with van der Waals surface area (Å²) in [4.78, 5) is 13.5. The normalized spacial score (nSPS) is 21.1. The van der Waals surface area contributed by atoms with Crippen molar-refractivity contribution in [2.45, 2.75) is 24.5 Å². The third-order valence-corrected chi connectivity index (χ3v) is 7.71. The van der Waals surface area contributed by atoms with E-state index in [0.29, 0.717) is 61.8 Å². The number of ether oxygens (including phenoxy) is 3. The molecule has 5 rings (SSSR count). The highest BCUT2D eigenvalue weighted by atomic mass is 32.2. The predicted octanol–water partition coefficient (Wildman–Crippen LogP) is 1.73. The molecular formula is C24H28N4O6S. The van der Waals surface area contributed by atoms with Gasteiger partial charge in [0.15, 0.2) is 5.52 Å². The minimum absolute atomic E-state index is 0.127. The van der Waals surface area contributed by atoms with Gasteiger partial charge in [-0.25, -0.2) is 18.4 Å². The Hall–Kier alpha value is -2.70. The van der Waals surface area contributed by atoms with Gasteiger partial charge in [-0.3, -0.25) is 4.98 Å². The SMILES string of the molecule is CS(=O)(=O)N1CCO[C@H](COc2nc(-c3ccc(C4(O)CCOCC4)cc3)cc3nccnc23)C1. The van der Waals surface area contributed by atoms with Crippen LogP contribution in [0.3, 0.4) is 0 Å². The Bertz CT molecular complexity index is 1300. The Morgan fingerprint density at radius 2 is 1.89 bits per heavy atom. The fraction of sp³-hybridized carbons (Fsp3) is 0.458. The highest BCUT2D eigenvalue weighted by Crippen LogP contribution is 2.34. The van der Waals surface area contributed by atoms with Crippen molar-refractivity contribution >= 4 is 21.1 Å². The van der Waals surface area contributed by atoms with E-state index < -0.39 is 21.7 Å². The van der Waals surface area contributed by atoms with Crippen molar-refractivity contribution < 1.29 is 27.7 Å². The summed E-state index contributed by atoms with van der Waals surface area (Å²) in [5.41, 5.74) is 2.61. The first-order valence-corrected chi connectivity index (χ1v) is 13.4. The highest BCUT2D eigenvalue weighted by molar-refractivity contribution is 7.88. The standard InChI is InChI=1S/C24H28N4O6S/c1-35(30,31)28-10-13-33-19(15-28)16-34-23-22-21(25-8-9-26-22)14-20(27-23)17-2-4-18(5-3-17)24(29)6-11-32-12-7-24/h2-5,8-9,14,19,29H,6-7,10-13,15-16H2,1H3/t19-/m0/s1. The molecule has 2 aliphatic rings. The predicted molar refractivity (Wildman–Crippen MR) is 128 cm³/mol. The fourth-order valence-corrected chi connectivity index (χ4v) is 5.25. The average molecular weight is 501 g/mol. The lowest BCUT2D eigenvalue weighted by atomic mass is 9.86. The zero-order valence-corrected chi connectivity index (χ0v) is 20.3. The van der Waals surface area contributed by atoms with E-state index in [1.54, 1.807) is 12.4 Å². The van der Waals surface area contributed by atoms with Gasteiger partial charge in [0.1, 0.15) is 12.7 Å². The second-order valence-corrected chi connectivity index (χ2v) is 10.9. The second-order valence-electron chi connectivity index (χ2n) is 8.88. The number of aromatic nitrogens is 3. The average Bonchev–Trinajstić information content (AvgIpc) is 2.87. The Morgan fingerprint density at radius 3 is 2.63 bits per heavy atom. The smallest absolute Gasteiger partial charge is 0.242 e. The quantitative estimate of drug-likeness (QED) is 0.539. The van der Waals surface area contributed by atoms with Crippen molar-refractivity contribution in [3.63, 3.8) is 0 Å². The summed E-state index contributed by atoms with van der Waals surface area (Å²) in [5, 5.41) is 11.0. The van der Waals surface area contributed by atoms with Crippen LogP contribution in [0.25, 0.3) is 22.3 Å². The topological polar surface area (TPSA) is 124 Å². The van der Waals surface area contributed by atoms with Gasteiger partial charge in [-0.1, -0.05) is 24.3 Å². The van der Waals surface area contributed by atoms with Crippen molar-refractivity contribution in [3.05, 3.63) is 48.3 Å². The molecule has 2 aliphatic heterocycles. The van der Waals surface area contributed by atoms with E-state index in [9.17, 15) is 13.5 Å². The lowest BCUT2D eigenvalue weighted by Crippen LogP contribution is -2.47. The molecule has 186 valence electrons. The Kier molecular flexibility index (Phi) is 6.69. The first kappa shape index (κ1) is 24.0. The number of aliphatic hydroxyl groups is 1. The third-order valence-electron chi connectivity index (χ3n) is 6.44. The van der Waals surface area contributed by atoms with Crippen molar-refractivity contribution in [3.8, 4) is 17.1 Å². The Labute approximate surface area is 203 Å². The molecule has 4 heterocycles. The fourth-order valence-electron chi connectivity index (χ4n) is 4.41. The number of hydrogen-bond acceptors (Lipinski definition) is 9. The van der Waals surface area contributed by atoms with Crippen LogP contribution in [0.4, 0.5) is 0 Å². The second kappa shape index (κ2) is 9.75. The summed E-state index contributed by atoms with van der Waals surface area (Å²) >= 11 is 0. The van der Waals surface area contributed by atoms with E-state index in [1.165, 1.54) is 10.6 Å². The minimum atomic E-state index is -3.30. The number of rotatable bonds is 6. The van der Waals surface area contributed by atoms with Gasteiger partial charge >= 0.3 is 0 Å². The van der Waals surface area contributed by atoms with Gasteiger partial charge in [-0.05, 0) is 11.6 Å². The maximum atomic E-state index is 11.9. The van der Waals surface area contributed by atoms with Gasteiger partial charge in [-0.2, -0.15) is 4.31 Å². The summed E-state index contributed by atoms with van der Waals surface area (Å²) in [6, 6.07) is 9.52. The number of fused-ring (bicyclic) bond motifs is 1. The highest BCUT2D eigenvalue weighted by Gasteiger charge is 2.32. The van der Waals surface area contributed by atoms with Gasteiger partial charge in [0, 0.05) is 57.1 Å². The minimum Gasteiger partial charge on any atom is -0.473 e. The number of benzene rings is 1. The molecule has 2 saturated heterocycles. The molecule has 2 aromatic heterocycles. The Balaban J connectivity index is 1.39. The van der Waals surface area contributed by atoms with Crippen LogP contribution < -0.4 is 4.74 Å². The summed E-state index contributed by atoms with van der Waals surface area (Å²) in [7, 11) is -3.30. The number of sulfonamides is 1. The van der Waals surface area contributed by atoms with Crippen LogP contribution in [0.15, 0.2) is 42.7 Å². The van der Waals surface area contributed by atoms with Gasteiger partial charge in [0.25, 0.3) is 0 Å². The summed E-state index contributed by atoms with van der Waals surface area (Å²) in [6.07, 6.45) is 5.07. The van der Waals surface area contributed by atoms with Crippen LogP contribution in [0.1, 0.15) is 18.4 Å². The zero-order chi connectivity index (χ0) is 24.5. The van der Waals surface area contributed by atoms with Crippen molar-refractivity contribution in [2.24, 2.45) is 0 Å². The van der Waals surface area contributed by atoms with Crippen molar-refractivity contribution in [2.75, 3.05) is 45.8 Å². The molecule has 3 aromatic rings. The van der Waals surface area contributed by atoms with Crippen molar-refractivity contribution in [1.82, 2.24) is 19.3 Å². The van der Waals surface area contributed by atoms with Crippen LogP contribution in [-0.4, -0.2) is 84.7 Å². The van der Waals surface area contributed by atoms with Crippen LogP contribution in [0.2, 0.25) is 0 Å². The number of hydrogen-bond donors (Lipinski definition) is 1. The van der Waals surface area contributed by atoms with Crippen LogP contribution in [0.5, 0.6) is 5.88 Å². The molecule has 10 nitrogen and oxygen atoms in total. The molecule has 0 aliphatic carbocycles. The maximum absolute atomic E-state index is 11.9. The van der Waals surface area contributed by atoms with Crippen molar-refractivity contribution in [1.29, 1.82) is 0 Å². The largest absolute Gasteiger partial charge is 0.473 e. The Morgan fingerprint density at radius 1 is 1.14 bits per heavy atom. The molecule has 0 unspecified atom stereocenters. The molecule has 0 amide bonds. The van der Waals surface area contributed by atoms with E-state index in [0.717, 1.165) is 11.1 Å². The maximum Gasteiger partial charge on any atom is 0.242 e. The molecular weight excluding hydrogens is 472 g/mol. The van der Waals surface area contributed by atoms with E-state index in [-0.39, 0.29) is 13.2 Å². The van der Waals surface area contributed by atoms with Gasteiger partial charge < -0.3 is 19.3 Å². The van der Waals surface area contributed by atoms with E-state index in [2.05, 4.69) is 15.0 Å². The van der Waals surface area contributed by atoms with Crippen LogP contribution in [-0.2, 0) is 25.1 Å². The first-order chi connectivity index (χ1) is 16.8. The lowest BCUT2D eigenvalue weighted by Gasteiger charge is -2.32. The molecule has 35 heavy (non-hydrogen) atoms. The van der Waals surface area contributed by atoms with E-state index >= 15 is 0 Å². The van der Waals surface area contributed by atoms with E-state index in [4.69, 9.17) is 14.2 Å². The van der Waals surface area contributed by atoms with Crippen LogP contribution in [0, 0.1) is 0 Å². The molecule has 1 aromatic carbocycles. The monoisotopic (exact) mass is 500 g/mol. The number of morpholine rings is 1. The molecule has 1 atom stereocenters.